The molecule has 0 bridgehead atoms. The van der Waals surface area contributed by atoms with E-state index >= 15 is 0 Å². The van der Waals surface area contributed by atoms with Gasteiger partial charge in [0.1, 0.15) is 0 Å². The fraction of sp³-hybridized carbons (Fsp3) is 0.800. The van der Waals surface area contributed by atoms with E-state index in [1.807, 2.05) is 13.0 Å². The van der Waals surface area contributed by atoms with E-state index in [1.54, 1.807) is 13.0 Å². The second-order valence-electron chi connectivity index (χ2n) is 9.06. The number of aliphatic hydroxyl groups is 2. The highest BCUT2D eigenvalue weighted by Gasteiger charge is 2.55. The average molecular weight is 306 g/mol. The molecule has 0 aromatic carbocycles. The van der Waals surface area contributed by atoms with Gasteiger partial charge in [-0.2, -0.15) is 0 Å². The van der Waals surface area contributed by atoms with Gasteiger partial charge in [-0.05, 0) is 62.2 Å². The Kier molecular flexibility index (Phi) is 4.43. The highest BCUT2D eigenvalue weighted by Crippen LogP contribution is 2.60. The summed E-state index contributed by atoms with van der Waals surface area (Å²) < 4.78 is 0. The van der Waals surface area contributed by atoms with E-state index in [2.05, 4.69) is 33.4 Å². The van der Waals surface area contributed by atoms with Crippen molar-refractivity contribution in [2.75, 3.05) is 0 Å². The van der Waals surface area contributed by atoms with Crippen LogP contribution in [0.15, 0.2) is 24.8 Å². The van der Waals surface area contributed by atoms with E-state index < -0.39 is 11.2 Å². The number of hydrogen-bond donors (Lipinski definition) is 2. The van der Waals surface area contributed by atoms with Gasteiger partial charge in [0.15, 0.2) is 0 Å². The van der Waals surface area contributed by atoms with Crippen LogP contribution in [0.1, 0.15) is 66.7 Å². The minimum absolute atomic E-state index is 0.0945. The quantitative estimate of drug-likeness (QED) is 0.752. The second kappa shape index (κ2) is 5.49. The van der Waals surface area contributed by atoms with Crippen LogP contribution in [0.5, 0.6) is 0 Å². The molecule has 5 atom stereocenters. The van der Waals surface area contributed by atoms with Gasteiger partial charge >= 0.3 is 0 Å². The maximum Gasteiger partial charge on any atom is 0.0833 e. The monoisotopic (exact) mass is 306 g/mol. The van der Waals surface area contributed by atoms with Gasteiger partial charge in [-0.1, -0.05) is 45.4 Å². The fourth-order valence-electron chi connectivity index (χ4n) is 5.24. The van der Waals surface area contributed by atoms with Gasteiger partial charge in [-0.15, -0.1) is 6.58 Å². The number of hydrogen-bond acceptors (Lipinski definition) is 2. The highest BCUT2D eigenvalue weighted by molar-refractivity contribution is 5.20. The summed E-state index contributed by atoms with van der Waals surface area (Å²) in [5, 5.41) is 21.3. The first-order chi connectivity index (χ1) is 9.95. The first-order valence-electron chi connectivity index (χ1n) is 8.72. The molecule has 2 nitrogen and oxygen atoms in total. The van der Waals surface area contributed by atoms with E-state index in [1.165, 1.54) is 12.8 Å². The minimum atomic E-state index is -0.854. The predicted octanol–water partition coefficient (Wildman–Crippen LogP) is 4.47. The Morgan fingerprint density at radius 3 is 2.50 bits per heavy atom. The van der Waals surface area contributed by atoms with Crippen LogP contribution < -0.4 is 0 Å². The normalized spacial score (nSPS) is 43.2. The molecular formula is C20H34O2. The third-order valence-corrected chi connectivity index (χ3v) is 6.60. The summed E-state index contributed by atoms with van der Waals surface area (Å²) in [6.07, 6.45) is 11.0. The largest absolute Gasteiger partial charge is 0.386 e. The van der Waals surface area contributed by atoms with Gasteiger partial charge < -0.3 is 10.2 Å². The molecule has 0 heterocycles. The number of allylic oxidation sites excluding steroid dienone is 1. The van der Waals surface area contributed by atoms with Crippen molar-refractivity contribution in [3.63, 3.8) is 0 Å². The van der Waals surface area contributed by atoms with Crippen LogP contribution in [-0.4, -0.2) is 21.4 Å². The van der Waals surface area contributed by atoms with E-state index in [9.17, 15) is 10.2 Å². The van der Waals surface area contributed by atoms with E-state index in [0.717, 1.165) is 12.8 Å². The van der Waals surface area contributed by atoms with Gasteiger partial charge in [0.25, 0.3) is 0 Å². The van der Waals surface area contributed by atoms with Crippen LogP contribution in [0.2, 0.25) is 0 Å². The lowest BCUT2D eigenvalue weighted by atomic mass is 9.47. The van der Waals surface area contributed by atoms with Crippen LogP contribution in [0.3, 0.4) is 0 Å². The van der Waals surface area contributed by atoms with Crippen molar-refractivity contribution in [3.05, 3.63) is 24.8 Å². The molecule has 2 aliphatic rings. The summed E-state index contributed by atoms with van der Waals surface area (Å²) >= 11 is 0. The molecule has 22 heavy (non-hydrogen) atoms. The Morgan fingerprint density at radius 2 is 1.91 bits per heavy atom. The summed E-state index contributed by atoms with van der Waals surface area (Å²) in [5.41, 5.74) is -1.28. The molecule has 0 spiro atoms. The van der Waals surface area contributed by atoms with Crippen LogP contribution in [0, 0.1) is 22.7 Å². The van der Waals surface area contributed by atoms with Gasteiger partial charge in [0, 0.05) is 0 Å². The first-order valence-corrected chi connectivity index (χ1v) is 8.72. The zero-order valence-corrected chi connectivity index (χ0v) is 15.0. The maximum atomic E-state index is 11.0. The summed E-state index contributed by atoms with van der Waals surface area (Å²) in [6, 6.07) is 0. The van der Waals surface area contributed by atoms with Gasteiger partial charge in [0.05, 0.1) is 11.2 Å². The second-order valence-corrected chi connectivity index (χ2v) is 9.06. The molecule has 2 aliphatic carbocycles. The van der Waals surface area contributed by atoms with E-state index in [0.29, 0.717) is 12.3 Å². The molecule has 2 heteroatoms. The molecule has 1 fully saturated rings. The number of rotatable bonds is 4. The van der Waals surface area contributed by atoms with Crippen molar-refractivity contribution in [2.45, 2.75) is 77.9 Å². The molecular weight excluding hydrogens is 272 g/mol. The van der Waals surface area contributed by atoms with Crippen molar-refractivity contribution in [2.24, 2.45) is 22.7 Å². The SMILES string of the molecule is C=CC(C)(O)CCC1C(C)(O)C=CC2C(C)(C)CCCC12C. The van der Waals surface area contributed by atoms with Crippen LogP contribution in [0.25, 0.3) is 0 Å². The molecule has 2 N–H and O–H groups in total. The molecule has 2 rings (SSSR count). The molecule has 0 aliphatic heterocycles. The zero-order chi connectivity index (χ0) is 16.8. The van der Waals surface area contributed by atoms with E-state index in [-0.39, 0.29) is 16.7 Å². The molecule has 0 aromatic rings. The summed E-state index contributed by atoms with van der Waals surface area (Å²) in [6.45, 7) is 14.5. The highest BCUT2D eigenvalue weighted by atomic mass is 16.3. The lowest BCUT2D eigenvalue weighted by Gasteiger charge is -2.59. The topological polar surface area (TPSA) is 40.5 Å². The molecule has 1 saturated carbocycles. The molecule has 0 radical (unpaired) electrons. The standard InChI is InChI=1S/C20H34O2/c1-7-18(4,21)13-9-16-19(5)12-8-11-17(2,3)15(19)10-14-20(16,6)22/h7,10,14-16,21-22H,1,8-9,11-13H2,2-6H3. The van der Waals surface area contributed by atoms with Crippen molar-refractivity contribution < 1.29 is 10.2 Å². The summed E-state index contributed by atoms with van der Waals surface area (Å²) in [5.74, 6) is 0.661. The smallest absolute Gasteiger partial charge is 0.0833 e. The Balaban J connectivity index is 2.33. The van der Waals surface area contributed by atoms with Crippen LogP contribution in [-0.2, 0) is 0 Å². The predicted molar refractivity (Wildman–Crippen MR) is 92.5 cm³/mol. The lowest BCUT2D eigenvalue weighted by molar-refractivity contribution is -0.108. The van der Waals surface area contributed by atoms with Crippen molar-refractivity contribution in [1.82, 2.24) is 0 Å². The maximum absolute atomic E-state index is 11.0. The van der Waals surface area contributed by atoms with Crippen LogP contribution in [0.4, 0.5) is 0 Å². The van der Waals surface area contributed by atoms with Crippen molar-refractivity contribution >= 4 is 0 Å². The average Bonchev–Trinajstić information content (AvgIpc) is 2.35. The van der Waals surface area contributed by atoms with E-state index in [4.69, 9.17) is 0 Å². The Morgan fingerprint density at radius 1 is 1.27 bits per heavy atom. The molecule has 126 valence electrons. The molecule has 5 unspecified atom stereocenters. The Bertz CT molecular complexity index is 458. The molecule has 0 saturated heterocycles. The van der Waals surface area contributed by atoms with Crippen molar-refractivity contribution in [1.29, 1.82) is 0 Å². The van der Waals surface area contributed by atoms with Gasteiger partial charge in [0.2, 0.25) is 0 Å². The summed E-state index contributed by atoms with van der Waals surface area (Å²) in [4.78, 5) is 0. The number of fused-ring (bicyclic) bond motifs is 1. The third kappa shape index (κ3) is 3.05. The van der Waals surface area contributed by atoms with Gasteiger partial charge in [-0.3, -0.25) is 0 Å². The minimum Gasteiger partial charge on any atom is -0.386 e. The summed E-state index contributed by atoms with van der Waals surface area (Å²) in [7, 11) is 0. The van der Waals surface area contributed by atoms with Crippen molar-refractivity contribution in [3.8, 4) is 0 Å². The third-order valence-electron chi connectivity index (χ3n) is 6.60. The first kappa shape index (κ1) is 17.7. The fourth-order valence-corrected chi connectivity index (χ4v) is 5.24. The lowest BCUT2D eigenvalue weighted by Crippen LogP contribution is -2.55. The molecule has 0 amide bonds. The van der Waals surface area contributed by atoms with Gasteiger partial charge in [-0.25, -0.2) is 0 Å². The Labute approximate surface area is 136 Å². The zero-order valence-electron chi connectivity index (χ0n) is 15.0. The molecule has 0 aromatic heterocycles. The Hall–Kier alpha value is -0.600. The van der Waals surface area contributed by atoms with Crippen LogP contribution >= 0.6 is 0 Å².